The Labute approximate surface area is 193 Å². The second-order valence-electron chi connectivity index (χ2n) is 7.73. The highest BCUT2D eigenvalue weighted by Gasteiger charge is 2.30. The number of nitriles is 1. The lowest BCUT2D eigenvalue weighted by Gasteiger charge is -2.27. The van der Waals surface area contributed by atoms with Crippen LogP contribution in [0, 0.1) is 17.2 Å². The molecular weight excluding hydrogens is 450 g/mol. The number of carbonyl (C=O) groups is 1. The molecule has 0 aliphatic heterocycles. The topological polar surface area (TPSA) is 97.0 Å². The summed E-state index contributed by atoms with van der Waals surface area (Å²) in [4.78, 5) is 30.3. The SMILES string of the molecule is CC(C)C(C)(C#N)NC(=O)CSc1nc2ccccc2c(=O)n1-c1ccc(OC(F)F)cc1. The van der Waals surface area contributed by atoms with Crippen molar-refractivity contribution in [2.75, 3.05) is 5.75 Å². The minimum Gasteiger partial charge on any atom is -0.435 e. The number of benzene rings is 2. The molecule has 0 fully saturated rings. The second-order valence-corrected chi connectivity index (χ2v) is 8.67. The molecule has 0 aliphatic carbocycles. The van der Waals surface area contributed by atoms with Gasteiger partial charge in [-0.25, -0.2) is 4.98 Å². The van der Waals surface area contributed by atoms with Crippen LogP contribution in [0.15, 0.2) is 58.5 Å². The van der Waals surface area contributed by atoms with Crippen molar-refractivity contribution in [1.29, 1.82) is 5.26 Å². The molecule has 7 nitrogen and oxygen atoms in total. The third kappa shape index (κ3) is 5.49. The summed E-state index contributed by atoms with van der Waals surface area (Å²) in [5.74, 6) is -0.621. The molecule has 1 heterocycles. The first kappa shape index (κ1) is 24.2. The average Bonchev–Trinajstić information content (AvgIpc) is 2.78. The fraction of sp³-hybridized carbons (Fsp3) is 0.304. The van der Waals surface area contributed by atoms with Crippen molar-refractivity contribution in [2.45, 2.75) is 38.1 Å². The van der Waals surface area contributed by atoms with E-state index >= 15 is 0 Å². The van der Waals surface area contributed by atoms with E-state index in [-0.39, 0.29) is 34.0 Å². The van der Waals surface area contributed by atoms with Gasteiger partial charge in [0.2, 0.25) is 5.91 Å². The van der Waals surface area contributed by atoms with Crippen molar-refractivity contribution in [3.63, 3.8) is 0 Å². The predicted octanol–water partition coefficient (Wildman–Crippen LogP) is 4.13. The molecule has 1 amide bonds. The fourth-order valence-electron chi connectivity index (χ4n) is 2.97. The van der Waals surface area contributed by atoms with E-state index in [1.165, 1.54) is 28.8 Å². The molecule has 0 saturated heterocycles. The zero-order chi connectivity index (χ0) is 24.2. The monoisotopic (exact) mass is 472 g/mol. The van der Waals surface area contributed by atoms with Gasteiger partial charge in [-0.1, -0.05) is 37.7 Å². The van der Waals surface area contributed by atoms with Gasteiger partial charge in [0.05, 0.1) is 28.4 Å². The van der Waals surface area contributed by atoms with Crippen molar-refractivity contribution < 1.29 is 18.3 Å². The van der Waals surface area contributed by atoms with Crippen LogP contribution >= 0.6 is 11.8 Å². The molecule has 1 unspecified atom stereocenters. The number of hydrogen-bond acceptors (Lipinski definition) is 6. The summed E-state index contributed by atoms with van der Waals surface area (Å²) in [6, 6.07) is 14.5. The van der Waals surface area contributed by atoms with Gasteiger partial charge in [-0.05, 0) is 49.2 Å². The Morgan fingerprint density at radius 1 is 1.24 bits per heavy atom. The molecule has 172 valence electrons. The minimum absolute atomic E-state index is 0.0476. The van der Waals surface area contributed by atoms with E-state index in [0.717, 1.165) is 11.8 Å². The van der Waals surface area contributed by atoms with Crippen LogP contribution in [0.1, 0.15) is 20.8 Å². The largest absolute Gasteiger partial charge is 0.435 e. The molecule has 33 heavy (non-hydrogen) atoms. The van der Waals surface area contributed by atoms with Gasteiger partial charge in [-0.3, -0.25) is 14.2 Å². The van der Waals surface area contributed by atoms with E-state index in [4.69, 9.17) is 0 Å². The summed E-state index contributed by atoms with van der Waals surface area (Å²) in [5.41, 5.74) is -0.556. The number of nitrogens with zero attached hydrogens (tertiary/aromatic N) is 3. The number of para-hydroxylation sites is 1. The Balaban J connectivity index is 1.96. The van der Waals surface area contributed by atoms with Crippen molar-refractivity contribution >= 4 is 28.6 Å². The smallest absolute Gasteiger partial charge is 0.387 e. The molecular formula is C23H22F2N4O3S. The van der Waals surface area contributed by atoms with E-state index in [9.17, 15) is 23.6 Å². The first-order chi connectivity index (χ1) is 15.6. The standard InChI is InChI=1S/C23H22F2N4O3S/c1-14(2)23(3,13-26)28-19(30)12-33-22-27-18-7-5-4-6-17(18)20(31)29(22)15-8-10-16(11-9-15)32-21(24)25/h4-11,14,21H,12H2,1-3H3,(H,28,30). The first-order valence-electron chi connectivity index (χ1n) is 10.1. The third-order valence-electron chi connectivity index (χ3n) is 5.18. The van der Waals surface area contributed by atoms with Gasteiger partial charge >= 0.3 is 6.61 Å². The van der Waals surface area contributed by atoms with E-state index in [1.807, 2.05) is 13.8 Å². The van der Waals surface area contributed by atoms with Crippen molar-refractivity contribution in [3.8, 4) is 17.5 Å². The maximum atomic E-state index is 13.2. The highest BCUT2D eigenvalue weighted by molar-refractivity contribution is 7.99. The fourth-order valence-corrected chi connectivity index (χ4v) is 3.78. The van der Waals surface area contributed by atoms with E-state index in [2.05, 4.69) is 21.1 Å². The summed E-state index contributed by atoms with van der Waals surface area (Å²) in [6.45, 7) is 2.35. The van der Waals surface area contributed by atoms with Gasteiger partial charge in [0.25, 0.3) is 5.56 Å². The zero-order valence-electron chi connectivity index (χ0n) is 18.2. The van der Waals surface area contributed by atoms with Crippen molar-refractivity contribution in [2.24, 2.45) is 5.92 Å². The summed E-state index contributed by atoms with van der Waals surface area (Å²) in [5, 5.41) is 12.8. The number of aromatic nitrogens is 2. The van der Waals surface area contributed by atoms with Gasteiger partial charge in [0, 0.05) is 0 Å². The van der Waals surface area contributed by atoms with E-state index in [0.29, 0.717) is 16.6 Å². The minimum atomic E-state index is -2.96. The van der Waals surface area contributed by atoms with Crippen LogP contribution in [0.4, 0.5) is 8.78 Å². The van der Waals surface area contributed by atoms with Crippen molar-refractivity contribution in [1.82, 2.24) is 14.9 Å². The number of thioether (sulfide) groups is 1. The molecule has 0 radical (unpaired) electrons. The lowest BCUT2D eigenvalue weighted by atomic mass is 9.90. The Kier molecular flexibility index (Phi) is 7.33. The van der Waals surface area contributed by atoms with Crippen LogP contribution < -0.4 is 15.6 Å². The molecule has 3 aromatic rings. The Morgan fingerprint density at radius 2 is 1.91 bits per heavy atom. The Bertz CT molecular complexity index is 1260. The average molecular weight is 473 g/mol. The number of hydrogen-bond donors (Lipinski definition) is 1. The molecule has 2 aromatic carbocycles. The van der Waals surface area contributed by atoms with Gasteiger partial charge < -0.3 is 10.1 Å². The lowest BCUT2D eigenvalue weighted by Crippen LogP contribution is -2.49. The Hall–Kier alpha value is -3.45. The van der Waals surface area contributed by atoms with E-state index < -0.39 is 12.2 Å². The van der Waals surface area contributed by atoms with Gasteiger partial charge in [-0.15, -0.1) is 0 Å². The Morgan fingerprint density at radius 3 is 2.52 bits per heavy atom. The summed E-state index contributed by atoms with van der Waals surface area (Å²) < 4.78 is 30.6. The summed E-state index contributed by atoms with van der Waals surface area (Å²) in [7, 11) is 0. The molecule has 3 rings (SSSR count). The molecule has 1 atom stereocenters. The maximum Gasteiger partial charge on any atom is 0.387 e. The zero-order valence-corrected chi connectivity index (χ0v) is 19.0. The first-order valence-corrected chi connectivity index (χ1v) is 11.1. The summed E-state index contributed by atoms with van der Waals surface area (Å²) in [6.07, 6.45) is 0. The number of fused-ring (bicyclic) bond motifs is 1. The number of nitrogens with one attached hydrogen (secondary N) is 1. The lowest BCUT2D eigenvalue weighted by molar-refractivity contribution is -0.120. The molecule has 0 saturated carbocycles. The van der Waals surface area contributed by atoms with Crippen molar-refractivity contribution in [3.05, 3.63) is 58.9 Å². The van der Waals surface area contributed by atoms with E-state index in [1.54, 1.807) is 31.2 Å². The highest BCUT2D eigenvalue weighted by atomic mass is 32.2. The van der Waals surface area contributed by atoms with Gasteiger partial charge in [-0.2, -0.15) is 14.0 Å². The van der Waals surface area contributed by atoms with Crippen LogP contribution in [-0.4, -0.2) is 33.4 Å². The maximum absolute atomic E-state index is 13.2. The predicted molar refractivity (Wildman–Crippen MR) is 122 cm³/mol. The molecule has 1 N–H and O–H groups in total. The normalized spacial score (nSPS) is 13.0. The quantitative estimate of drug-likeness (QED) is 0.391. The number of halogens is 2. The van der Waals surface area contributed by atoms with Crippen LogP contribution in [0.2, 0.25) is 0 Å². The number of carbonyl (C=O) groups excluding carboxylic acids is 1. The highest BCUT2D eigenvalue weighted by Crippen LogP contribution is 2.24. The molecule has 10 heteroatoms. The molecule has 0 spiro atoms. The molecule has 0 bridgehead atoms. The number of rotatable bonds is 8. The van der Waals surface area contributed by atoms with Crippen LogP contribution in [-0.2, 0) is 4.79 Å². The number of alkyl halides is 2. The van der Waals surface area contributed by atoms with Gasteiger partial charge in [0.1, 0.15) is 11.3 Å². The number of ether oxygens (including phenoxy) is 1. The van der Waals surface area contributed by atoms with Gasteiger partial charge in [0.15, 0.2) is 5.16 Å². The second kappa shape index (κ2) is 10.0. The molecule has 1 aromatic heterocycles. The number of amides is 1. The third-order valence-corrected chi connectivity index (χ3v) is 6.12. The molecule has 0 aliphatic rings. The van der Waals surface area contributed by atoms with Crippen LogP contribution in [0.25, 0.3) is 16.6 Å². The van der Waals surface area contributed by atoms with Crippen LogP contribution in [0.3, 0.4) is 0 Å². The van der Waals surface area contributed by atoms with Crippen LogP contribution in [0.5, 0.6) is 5.75 Å². The summed E-state index contributed by atoms with van der Waals surface area (Å²) >= 11 is 1.04.